The third-order valence-electron chi connectivity index (χ3n) is 5.34. The SMILES string of the molecule is Cc1sc2ncn(CC(=O)NCCCC(=O)NC3CCCCC3)c(=O)c2c1C. The highest BCUT2D eigenvalue weighted by atomic mass is 32.1. The molecule has 0 spiro atoms. The molecule has 0 saturated heterocycles. The van der Waals surface area contributed by atoms with Crippen LogP contribution in [0.1, 0.15) is 55.4 Å². The first-order valence-corrected chi connectivity index (χ1v) is 10.8. The second-order valence-corrected chi connectivity index (χ2v) is 8.70. The van der Waals surface area contributed by atoms with E-state index in [0.717, 1.165) is 23.3 Å². The van der Waals surface area contributed by atoms with Gasteiger partial charge in [-0.1, -0.05) is 19.3 Å². The molecule has 2 aromatic heterocycles. The number of hydrogen-bond donors (Lipinski definition) is 2. The molecular formula is C20H28N4O3S. The lowest BCUT2D eigenvalue weighted by molar-refractivity contribution is -0.123. The van der Waals surface area contributed by atoms with Crippen LogP contribution in [-0.2, 0) is 16.1 Å². The van der Waals surface area contributed by atoms with Gasteiger partial charge < -0.3 is 10.6 Å². The number of carbonyl (C=O) groups is 2. The molecule has 1 fully saturated rings. The lowest BCUT2D eigenvalue weighted by Gasteiger charge is -2.22. The Balaban J connectivity index is 1.44. The smallest absolute Gasteiger partial charge is 0.262 e. The number of rotatable bonds is 7. The van der Waals surface area contributed by atoms with Crippen molar-refractivity contribution in [1.29, 1.82) is 0 Å². The maximum Gasteiger partial charge on any atom is 0.262 e. The summed E-state index contributed by atoms with van der Waals surface area (Å²) in [6, 6.07) is 0.314. The number of aromatic nitrogens is 2. The van der Waals surface area contributed by atoms with Crippen molar-refractivity contribution in [2.75, 3.05) is 6.54 Å². The largest absolute Gasteiger partial charge is 0.355 e. The lowest BCUT2D eigenvalue weighted by Crippen LogP contribution is -2.37. The van der Waals surface area contributed by atoms with Crippen LogP contribution in [0.4, 0.5) is 0 Å². The summed E-state index contributed by atoms with van der Waals surface area (Å²) in [6.45, 7) is 4.21. The average molecular weight is 405 g/mol. The number of hydrogen-bond acceptors (Lipinski definition) is 5. The zero-order valence-electron chi connectivity index (χ0n) is 16.5. The van der Waals surface area contributed by atoms with Gasteiger partial charge in [0.2, 0.25) is 11.8 Å². The molecule has 1 aliphatic rings. The Labute approximate surface area is 168 Å². The molecule has 8 heteroatoms. The van der Waals surface area contributed by atoms with Crippen LogP contribution in [0.3, 0.4) is 0 Å². The minimum absolute atomic E-state index is 0.0512. The van der Waals surface area contributed by atoms with E-state index in [1.807, 2.05) is 13.8 Å². The molecule has 2 N–H and O–H groups in total. The summed E-state index contributed by atoms with van der Waals surface area (Å²) in [7, 11) is 0. The second-order valence-electron chi connectivity index (χ2n) is 7.50. The number of carbonyl (C=O) groups excluding carboxylic acids is 2. The molecule has 2 amide bonds. The van der Waals surface area contributed by atoms with E-state index in [9.17, 15) is 14.4 Å². The number of nitrogens with zero attached hydrogens (tertiary/aromatic N) is 2. The lowest BCUT2D eigenvalue weighted by atomic mass is 9.95. The van der Waals surface area contributed by atoms with Crippen molar-refractivity contribution in [2.45, 2.75) is 71.4 Å². The molecule has 0 atom stereocenters. The van der Waals surface area contributed by atoms with Crippen molar-refractivity contribution < 1.29 is 9.59 Å². The molecule has 0 aromatic carbocycles. The van der Waals surface area contributed by atoms with Gasteiger partial charge in [0.1, 0.15) is 11.4 Å². The van der Waals surface area contributed by atoms with Crippen molar-refractivity contribution in [3.8, 4) is 0 Å². The molecule has 0 aliphatic heterocycles. The van der Waals surface area contributed by atoms with Gasteiger partial charge >= 0.3 is 0 Å². The van der Waals surface area contributed by atoms with E-state index in [0.29, 0.717) is 35.6 Å². The van der Waals surface area contributed by atoms with E-state index in [2.05, 4.69) is 15.6 Å². The summed E-state index contributed by atoms with van der Waals surface area (Å²) in [5, 5.41) is 6.45. The number of aryl methyl sites for hydroxylation is 2. The van der Waals surface area contributed by atoms with Crippen LogP contribution in [0.25, 0.3) is 10.2 Å². The average Bonchev–Trinajstić information content (AvgIpc) is 2.97. The van der Waals surface area contributed by atoms with Crippen molar-refractivity contribution in [3.63, 3.8) is 0 Å². The van der Waals surface area contributed by atoms with Crippen molar-refractivity contribution in [1.82, 2.24) is 20.2 Å². The fourth-order valence-electron chi connectivity index (χ4n) is 3.62. The minimum atomic E-state index is -0.249. The Hall–Kier alpha value is -2.22. The van der Waals surface area contributed by atoms with Gasteiger partial charge in [-0.2, -0.15) is 0 Å². The minimum Gasteiger partial charge on any atom is -0.355 e. The summed E-state index contributed by atoms with van der Waals surface area (Å²) < 4.78 is 1.34. The summed E-state index contributed by atoms with van der Waals surface area (Å²) >= 11 is 1.49. The van der Waals surface area contributed by atoms with E-state index in [1.54, 1.807) is 0 Å². The Bertz CT molecular complexity index is 912. The number of amides is 2. The van der Waals surface area contributed by atoms with E-state index in [4.69, 9.17) is 0 Å². The van der Waals surface area contributed by atoms with Crippen LogP contribution in [0.5, 0.6) is 0 Å². The van der Waals surface area contributed by atoms with E-state index in [-0.39, 0.29) is 23.9 Å². The zero-order valence-corrected chi connectivity index (χ0v) is 17.4. The Kier molecular flexibility index (Phi) is 6.83. The second kappa shape index (κ2) is 9.32. The first-order valence-electron chi connectivity index (χ1n) is 9.97. The molecule has 28 heavy (non-hydrogen) atoms. The Morgan fingerprint density at radius 1 is 1.21 bits per heavy atom. The predicted molar refractivity (Wildman–Crippen MR) is 111 cm³/mol. The molecule has 0 unspecified atom stereocenters. The summed E-state index contributed by atoms with van der Waals surface area (Å²) in [5.41, 5.74) is 0.741. The molecular weight excluding hydrogens is 376 g/mol. The van der Waals surface area contributed by atoms with Crippen LogP contribution >= 0.6 is 11.3 Å². The molecule has 152 valence electrons. The zero-order chi connectivity index (χ0) is 20.1. The van der Waals surface area contributed by atoms with E-state index < -0.39 is 0 Å². The van der Waals surface area contributed by atoms with Crippen LogP contribution in [0.15, 0.2) is 11.1 Å². The highest BCUT2D eigenvalue weighted by molar-refractivity contribution is 7.18. The van der Waals surface area contributed by atoms with Crippen molar-refractivity contribution in [2.24, 2.45) is 0 Å². The first-order chi connectivity index (χ1) is 13.5. The molecule has 2 aromatic rings. The maximum atomic E-state index is 12.6. The van der Waals surface area contributed by atoms with Gasteiger partial charge in [0.15, 0.2) is 0 Å². The van der Waals surface area contributed by atoms with Gasteiger partial charge in [0.05, 0.1) is 11.7 Å². The van der Waals surface area contributed by atoms with Crippen molar-refractivity contribution >= 4 is 33.4 Å². The molecule has 2 heterocycles. The molecule has 0 radical (unpaired) electrons. The highest BCUT2D eigenvalue weighted by Gasteiger charge is 2.16. The topological polar surface area (TPSA) is 93.1 Å². The molecule has 0 bridgehead atoms. The van der Waals surface area contributed by atoms with Gasteiger partial charge in [0, 0.05) is 23.9 Å². The van der Waals surface area contributed by atoms with Gasteiger partial charge in [-0.3, -0.25) is 19.0 Å². The molecule has 1 saturated carbocycles. The predicted octanol–water partition coefficient (Wildman–Crippen LogP) is 2.42. The summed E-state index contributed by atoms with van der Waals surface area (Å²) in [6.07, 6.45) is 8.18. The van der Waals surface area contributed by atoms with E-state index in [1.165, 1.54) is 41.5 Å². The standard InChI is InChI=1S/C20H28N4O3S/c1-13-14(2)28-19-18(13)20(27)24(12-22-19)11-17(26)21-10-6-9-16(25)23-15-7-4-3-5-8-15/h12,15H,3-11H2,1-2H3,(H,21,26)(H,23,25). The van der Waals surface area contributed by atoms with Crippen LogP contribution < -0.4 is 16.2 Å². The van der Waals surface area contributed by atoms with Crippen LogP contribution in [0, 0.1) is 13.8 Å². The highest BCUT2D eigenvalue weighted by Crippen LogP contribution is 2.25. The monoisotopic (exact) mass is 404 g/mol. The third-order valence-corrected chi connectivity index (χ3v) is 6.46. The quantitative estimate of drug-likeness (QED) is 0.693. The van der Waals surface area contributed by atoms with E-state index >= 15 is 0 Å². The molecule has 3 rings (SSSR count). The third kappa shape index (κ3) is 4.98. The number of thiophene rings is 1. The van der Waals surface area contributed by atoms with Gasteiger partial charge in [-0.15, -0.1) is 11.3 Å². The fourth-order valence-corrected chi connectivity index (χ4v) is 4.60. The molecule has 7 nitrogen and oxygen atoms in total. The fraction of sp³-hybridized carbons (Fsp3) is 0.600. The maximum absolute atomic E-state index is 12.6. The summed E-state index contributed by atoms with van der Waals surface area (Å²) in [5.74, 6) is -0.198. The summed E-state index contributed by atoms with van der Waals surface area (Å²) in [4.78, 5) is 42.8. The Morgan fingerprint density at radius 2 is 1.96 bits per heavy atom. The van der Waals surface area contributed by atoms with Crippen LogP contribution in [-0.4, -0.2) is 34.0 Å². The van der Waals surface area contributed by atoms with Gasteiger partial charge in [-0.25, -0.2) is 4.98 Å². The Morgan fingerprint density at radius 3 is 2.71 bits per heavy atom. The van der Waals surface area contributed by atoms with Crippen molar-refractivity contribution in [3.05, 3.63) is 27.1 Å². The van der Waals surface area contributed by atoms with Crippen LogP contribution in [0.2, 0.25) is 0 Å². The normalized spacial score (nSPS) is 14.9. The van der Waals surface area contributed by atoms with Gasteiger partial charge in [-0.05, 0) is 38.7 Å². The number of fused-ring (bicyclic) bond motifs is 1. The first kappa shape index (κ1) is 20.5. The van der Waals surface area contributed by atoms with Gasteiger partial charge in [0.25, 0.3) is 5.56 Å². The molecule has 1 aliphatic carbocycles. The number of nitrogens with one attached hydrogen (secondary N) is 2.